The Hall–Kier alpha value is -6.71. The molecule has 1 heterocycles. The van der Waals surface area contributed by atoms with Crippen LogP contribution in [0.15, 0.2) is 182 Å². The van der Waals surface area contributed by atoms with Crippen LogP contribution in [0.25, 0.3) is 61.4 Å². The molecule has 0 amide bonds. The Balaban J connectivity index is 1.29. The van der Waals surface area contributed by atoms with Crippen molar-refractivity contribution >= 4 is 44.8 Å². The zero-order chi connectivity index (χ0) is 36.4. The highest BCUT2D eigenvalue weighted by Crippen LogP contribution is 2.46. The molecule has 7 aromatic carbocycles. The summed E-state index contributed by atoms with van der Waals surface area (Å²) in [6, 6.07) is 62.1. The number of fused-ring (bicyclic) bond motifs is 3. The second kappa shape index (κ2) is 14.4. The summed E-state index contributed by atoms with van der Waals surface area (Å²) in [6.07, 6.45) is 6.62. The van der Waals surface area contributed by atoms with E-state index in [4.69, 9.17) is 10.7 Å². The highest BCUT2D eigenvalue weighted by Gasteiger charge is 2.28. The minimum atomic E-state index is -0.0905. The van der Waals surface area contributed by atoms with Crippen molar-refractivity contribution in [1.82, 2.24) is 4.98 Å². The molecule has 1 aliphatic carbocycles. The standard InChI is InChI=1S/C51H41N3/c1-35(36-18-5-2-6-19-36)54(51(39-23-9-4-10-24-39)50(52)38-21-7-3-8-22-38)47-31-17-30-46(53-47)49-44-28-15-13-26-42(44)48(43-27-14-16-29-45(43)49)41-33-32-37-20-11-12-25-40(37)34-41/h2-13,15-26,28-35H,14,27,52H2,1H3/b51-50-/t35-/m1/s1. The molecule has 0 bridgehead atoms. The number of hydrogen-bond acceptors (Lipinski definition) is 3. The molecule has 260 valence electrons. The summed E-state index contributed by atoms with van der Waals surface area (Å²) < 4.78 is 0. The highest BCUT2D eigenvalue weighted by molar-refractivity contribution is 6.10. The molecule has 0 fully saturated rings. The molecule has 1 aliphatic rings. The molecule has 3 nitrogen and oxygen atoms in total. The molecule has 9 rings (SSSR count). The molecule has 1 aromatic heterocycles. The summed E-state index contributed by atoms with van der Waals surface area (Å²) in [5.41, 5.74) is 19.3. The SMILES string of the molecule is C[C@H](c1ccccc1)N(/C(=C(\N)c1ccccc1)c1ccccc1)c1cccc(-c2c3c(c(-c4ccc5ccccc5c4)c4ccccc24)CCC=C3)n1. The summed E-state index contributed by atoms with van der Waals surface area (Å²) in [5, 5.41) is 4.95. The lowest BCUT2D eigenvalue weighted by molar-refractivity contribution is 0.768. The lowest BCUT2D eigenvalue weighted by atomic mass is 9.81. The number of nitrogens with two attached hydrogens (primary N) is 1. The van der Waals surface area contributed by atoms with Crippen molar-refractivity contribution in [3.05, 3.63) is 210 Å². The molecular formula is C51H41N3. The number of pyridine rings is 1. The van der Waals surface area contributed by atoms with E-state index in [1.54, 1.807) is 0 Å². The van der Waals surface area contributed by atoms with Gasteiger partial charge in [-0.25, -0.2) is 4.98 Å². The lowest BCUT2D eigenvalue weighted by Crippen LogP contribution is -2.28. The number of aromatic nitrogens is 1. The molecule has 0 radical (unpaired) electrons. The maximum atomic E-state index is 7.25. The number of nitrogens with zero attached hydrogens (tertiary/aromatic N) is 2. The van der Waals surface area contributed by atoms with Crippen LogP contribution in [0.5, 0.6) is 0 Å². The molecular weight excluding hydrogens is 655 g/mol. The van der Waals surface area contributed by atoms with Crippen molar-refractivity contribution < 1.29 is 0 Å². The fourth-order valence-electron chi connectivity index (χ4n) is 8.19. The van der Waals surface area contributed by atoms with Crippen LogP contribution in [-0.4, -0.2) is 4.98 Å². The Morgan fingerprint density at radius 3 is 1.98 bits per heavy atom. The van der Waals surface area contributed by atoms with Gasteiger partial charge in [0.15, 0.2) is 0 Å². The van der Waals surface area contributed by atoms with Gasteiger partial charge < -0.3 is 10.6 Å². The summed E-state index contributed by atoms with van der Waals surface area (Å²) in [4.78, 5) is 7.94. The molecule has 1 atom stereocenters. The van der Waals surface area contributed by atoms with Crippen LogP contribution < -0.4 is 10.6 Å². The van der Waals surface area contributed by atoms with Gasteiger partial charge in [0.1, 0.15) is 5.82 Å². The summed E-state index contributed by atoms with van der Waals surface area (Å²) in [6.45, 7) is 2.24. The number of anilines is 1. The van der Waals surface area contributed by atoms with E-state index in [1.165, 1.54) is 49.4 Å². The molecule has 0 spiro atoms. The van der Waals surface area contributed by atoms with E-state index in [-0.39, 0.29) is 6.04 Å². The van der Waals surface area contributed by atoms with Gasteiger partial charge in [-0.1, -0.05) is 170 Å². The summed E-state index contributed by atoms with van der Waals surface area (Å²) >= 11 is 0. The molecule has 8 aromatic rings. The molecule has 0 saturated heterocycles. The van der Waals surface area contributed by atoms with Gasteiger partial charge >= 0.3 is 0 Å². The van der Waals surface area contributed by atoms with Crippen molar-refractivity contribution in [3.8, 4) is 22.4 Å². The van der Waals surface area contributed by atoms with Crippen molar-refractivity contribution in [2.45, 2.75) is 25.8 Å². The minimum Gasteiger partial charge on any atom is -0.397 e. The zero-order valence-electron chi connectivity index (χ0n) is 30.4. The first-order valence-electron chi connectivity index (χ1n) is 18.8. The Labute approximate surface area is 317 Å². The van der Waals surface area contributed by atoms with E-state index in [9.17, 15) is 0 Å². The first kappa shape index (κ1) is 33.1. The van der Waals surface area contributed by atoms with Crippen molar-refractivity contribution in [2.75, 3.05) is 4.90 Å². The topological polar surface area (TPSA) is 42.1 Å². The molecule has 0 saturated carbocycles. The molecule has 54 heavy (non-hydrogen) atoms. The van der Waals surface area contributed by atoms with Crippen LogP contribution in [0.4, 0.5) is 5.82 Å². The highest BCUT2D eigenvalue weighted by atomic mass is 15.2. The second-order valence-corrected chi connectivity index (χ2v) is 14.0. The normalized spacial score (nSPS) is 13.4. The van der Waals surface area contributed by atoms with Gasteiger partial charge in [-0.05, 0) is 92.9 Å². The van der Waals surface area contributed by atoms with E-state index in [2.05, 4.69) is 176 Å². The Bertz CT molecular complexity index is 2680. The molecule has 0 aliphatic heterocycles. The third-order valence-electron chi connectivity index (χ3n) is 10.8. The van der Waals surface area contributed by atoms with E-state index >= 15 is 0 Å². The summed E-state index contributed by atoms with van der Waals surface area (Å²) in [7, 11) is 0. The van der Waals surface area contributed by atoms with Gasteiger partial charge in [0.2, 0.25) is 0 Å². The first-order valence-corrected chi connectivity index (χ1v) is 18.8. The van der Waals surface area contributed by atoms with Crippen LogP contribution in [0.3, 0.4) is 0 Å². The van der Waals surface area contributed by atoms with Crippen LogP contribution in [0.1, 0.15) is 47.2 Å². The fourth-order valence-corrected chi connectivity index (χ4v) is 8.19. The van der Waals surface area contributed by atoms with E-state index in [1.807, 2.05) is 24.3 Å². The number of benzene rings is 7. The van der Waals surface area contributed by atoms with E-state index in [0.29, 0.717) is 5.70 Å². The van der Waals surface area contributed by atoms with E-state index < -0.39 is 0 Å². The number of hydrogen-bond donors (Lipinski definition) is 1. The molecule has 2 N–H and O–H groups in total. The van der Waals surface area contributed by atoms with Crippen LogP contribution in [-0.2, 0) is 6.42 Å². The minimum absolute atomic E-state index is 0.0905. The van der Waals surface area contributed by atoms with Gasteiger partial charge in [0.25, 0.3) is 0 Å². The third kappa shape index (κ3) is 6.04. The van der Waals surface area contributed by atoms with Crippen LogP contribution in [0, 0.1) is 0 Å². The zero-order valence-corrected chi connectivity index (χ0v) is 30.4. The van der Waals surface area contributed by atoms with Gasteiger partial charge in [-0.2, -0.15) is 0 Å². The Morgan fingerprint density at radius 1 is 0.611 bits per heavy atom. The van der Waals surface area contributed by atoms with Crippen molar-refractivity contribution in [2.24, 2.45) is 5.73 Å². The van der Waals surface area contributed by atoms with Crippen molar-refractivity contribution in [1.29, 1.82) is 0 Å². The smallest absolute Gasteiger partial charge is 0.134 e. The predicted octanol–water partition coefficient (Wildman–Crippen LogP) is 12.7. The maximum Gasteiger partial charge on any atom is 0.134 e. The average Bonchev–Trinajstić information content (AvgIpc) is 3.25. The predicted molar refractivity (Wildman–Crippen MR) is 229 cm³/mol. The van der Waals surface area contributed by atoms with Gasteiger partial charge in [0, 0.05) is 11.1 Å². The van der Waals surface area contributed by atoms with Crippen LogP contribution in [0.2, 0.25) is 0 Å². The average molecular weight is 696 g/mol. The Morgan fingerprint density at radius 2 is 1.24 bits per heavy atom. The Kier molecular flexibility index (Phi) is 8.82. The monoisotopic (exact) mass is 695 g/mol. The van der Waals surface area contributed by atoms with Crippen LogP contribution >= 0.6 is 0 Å². The quantitative estimate of drug-likeness (QED) is 0.161. The first-order chi connectivity index (χ1) is 26.7. The van der Waals surface area contributed by atoms with Gasteiger partial charge in [-0.15, -0.1) is 0 Å². The second-order valence-electron chi connectivity index (χ2n) is 14.0. The van der Waals surface area contributed by atoms with E-state index in [0.717, 1.165) is 46.7 Å². The number of allylic oxidation sites excluding steroid dienone is 1. The van der Waals surface area contributed by atoms with Gasteiger partial charge in [0.05, 0.1) is 23.1 Å². The van der Waals surface area contributed by atoms with Crippen molar-refractivity contribution in [3.63, 3.8) is 0 Å². The summed E-state index contributed by atoms with van der Waals surface area (Å²) in [5.74, 6) is 0.831. The fraction of sp³-hybridized carbons (Fsp3) is 0.0784. The lowest BCUT2D eigenvalue weighted by Gasteiger charge is -2.35. The molecule has 0 unspecified atom stereocenters. The van der Waals surface area contributed by atoms with Gasteiger partial charge in [-0.3, -0.25) is 0 Å². The molecule has 3 heteroatoms. The number of rotatable bonds is 8. The maximum absolute atomic E-state index is 7.25. The largest absolute Gasteiger partial charge is 0.397 e. The third-order valence-corrected chi connectivity index (χ3v) is 10.8.